The summed E-state index contributed by atoms with van der Waals surface area (Å²) in [4.78, 5) is 26.8. The Kier molecular flexibility index (Phi) is 7.62. The molecule has 2 amide bonds. The lowest BCUT2D eigenvalue weighted by molar-refractivity contribution is 0.0692. The first-order valence-electron chi connectivity index (χ1n) is 11.4. The van der Waals surface area contributed by atoms with Gasteiger partial charge in [0.25, 0.3) is 22.0 Å². The Hall–Kier alpha value is -1.97. The van der Waals surface area contributed by atoms with Crippen molar-refractivity contribution in [3.8, 4) is 0 Å². The molecule has 1 saturated heterocycles. The predicted octanol–water partition coefficient (Wildman–Crippen LogP) is 2.48. The van der Waals surface area contributed by atoms with Crippen LogP contribution in [0.3, 0.4) is 0 Å². The van der Waals surface area contributed by atoms with Crippen molar-refractivity contribution in [2.75, 3.05) is 33.2 Å². The lowest BCUT2D eigenvalue weighted by Gasteiger charge is -2.38. The Morgan fingerprint density at radius 2 is 1.47 bits per heavy atom. The van der Waals surface area contributed by atoms with Gasteiger partial charge in [0, 0.05) is 55.9 Å². The van der Waals surface area contributed by atoms with Crippen LogP contribution in [0, 0.1) is 0 Å². The van der Waals surface area contributed by atoms with Crippen molar-refractivity contribution < 1.29 is 18.0 Å². The van der Waals surface area contributed by atoms with Crippen LogP contribution in [0.5, 0.6) is 0 Å². The third kappa shape index (κ3) is 5.88. The van der Waals surface area contributed by atoms with Crippen LogP contribution in [-0.2, 0) is 10.2 Å². The Balaban J connectivity index is 1.57. The van der Waals surface area contributed by atoms with Gasteiger partial charge in [0.15, 0.2) is 0 Å². The number of nitrogens with zero attached hydrogens (tertiary/aromatic N) is 3. The predicted molar refractivity (Wildman–Crippen MR) is 125 cm³/mol. The van der Waals surface area contributed by atoms with Crippen LogP contribution >= 0.6 is 0 Å². The van der Waals surface area contributed by atoms with E-state index in [9.17, 15) is 18.0 Å². The molecule has 9 heteroatoms. The minimum absolute atomic E-state index is 0.0717. The Bertz CT molecular complexity index is 910. The van der Waals surface area contributed by atoms with Crippen LogP contribution in [0.15, 0.2) is 24.3 Å². The normalized spacial score (nSPS) is 19.2. The van der Waals surface area contributed by atoms with E-state index in [0.29, 0.717) is 24.2 Å². The highest BCUT2D eigenvalue weighted by Crippen LogP contribution is 2.25. The number of carbonyl (C=O) groups excluding carboxylic acids is 2. The molecule has 1 saturated carbocycles. The van der Waals surface area contributed by atoms with Gasteiger partial charge in [-0.15, -0.1) is 0 Å². The number of benzene rings is 1. The summed E-state index contributed by atoms with van der Waals surface area (Å²) in [7, 11) is -1.84. The number of rotatable bonds is 5. The molecule has 1 N–H and O–H groups in total. The van der Waals surface area contributed by atoms with E-state index in [1.165, 1.54) is 15.0 Å². The molecule has 0 bridgehead atoms. The second kappa shape index (κ2) is 9.89. The molecule has 8 nitrogen and oxygen atoms in total. The summed E-state index contributed by atoms with van der Waals surface area (Å²) in [5.74, 6) is -0.331. The third-order valence-electron chi connectivity index (χ3n) is 6.19. The summed E-state index contributed by atoms with van der Waals surface area (Å²) < 4.78 is 29.1. The topological polar surface area (TPSA) is 90.0 Å². The van der Waals surface area contributed by atoms with Crippen LogP contribution in [0.25, 0.3) is 0 Å². The van der Waals surface area contributed by atoms with Gasteiger partial charge in [-0.3, -0.25) is 9.59 Å². The monoisotopic (exact) mass is 464 g/mol. The van der Waals surface area contributed by atoms with Gasteiger partial charge in [0.05, 0.1) is 0 Å². The standard InChI is InChI=1S/C23H36N4O4S/c1-23(2,3)24-21(28)18-10-12-19(13-11-18)22(29)26-14-16-27(17-15-26)32(30,31)25(4)20-8-6-5-7-9-20/h10-13,20H,5-9,14-17H2,1-4H3,(H,24,28). The first kappa shape index (κ1) is 24.7. The fourth-order valence-electron chi connectivity index (χ4n) is 4.30. The molecule has 0 aromatic heterocycles. The van der Waals surface area contributed by atoms with Crippen LogP contribution in [-0.4, -0.2) is 78.5 Å². The lowest BCUT2D eigenvalue weighted by Crippen LogP contribution is -2.55. The zero-order chi connectivity index (χ0) is 23.5. The van der Waals surface area contributed by atoms with E-state index in [1.807, 2.05) is 20.8 Å². The average molecular weight is 465 g/mol. The van der Waals surface area contributed by atoms with Gasteiger partial charge in [-0.2, -0.15) is 17.0 Å². The summed E-state index contributed by atoms with van der Waals surface area (Å²) >= 11 is 0. The summed E-state index contributed by atoms with van der Waals surface area (Å²) in [6, 6.07) is 6.67. The first-order chi connectivity index (χ1) is 15.0. The molecule has 1 heterocycles. The van der Waals surface area contributed by atoms with Gasteiger partial charge in [0.2, 0.25) is 0 Å². The summed E-state index contributed by atoms with van der Waals surface area (Å²) in [5, 5.41) is 2.90. The minimum Gasteiger partial charge on any atom is -0.347 e. The third-order valence-corrected chi connectivity index (χ3v) is 8.23. The van der Waals surface area contributed by atoms with Crippen LogP contribution in [0.4, 0.5) is 0 Å². The molecule has 1 aromatic carbocycles. The van der Waals surface area contributed by atoms with Gasteiger partial charge < -0.3 is 10.2 Å². The smallest absolute Gasteiger partial charge is 0.282 e. The number of hydrogen-bond acceptors (Lipinski definition) is 4. The minimum atomic E-state index is -3.52. The molecule has 32 heavy (non-hydrogen) atoms. The molecule has 1 aromatic rings. The van der Waals surface area contributed by atoms with Crippen molar-refractivity contribution in [3.63, 3.8) is 0 Å². The fourth-order valence-corrected chi connectivity index (χ4v) is 5.87. The molecule has 0 spiro atoms. The quantitative estimate of drug-likeness (QED) is 0.725. The SMILES string of the molecule is CN(C1CCCCC1)S(=O)(=O)N1CCN(C(=O)c2ccc(C(=O)NC(C)(C)C)cc2)CC1. The van der Waals surface area contributed by atoms with Crippen LogP contribution in [0.2, 0.25) is 0 Å². The molecule has 0 atom stereocenters. The molecular weight excluding hydrogens is 428 g/mol. The van der Waals surface area contributed by atoms with E-state index >= 15 is 0 Å². The zero-order valence-corrected chi connectivity index (χ0v) is 20.5. The lowest BCUT2D eigenvalue weighted by atomic mass is 9.96. The first-order valence-corrected chi connectivity index (χ1v) is 12.8. The van der Waals surface area contributed by atoms with Crippen molar-refractivity contribution >= 4 is 22.0 Å². The Labute approximate surface area is 192 Å². The highest BCUT2D eigenvalue weighted by atomic mass is 32.2. The molecule has 3 rings (SSSR count). The zero-order valence-electron chi connectivity index (χ0n) is 19.6. The van der Waals surface area contributed by atoms with Crippen LogP contribution < -0.4 is 5.32 Å². The second-order valence-electron chi connectivity index (χ2n) is 9.79. The number of nitrogens with one attached hydrogen (secondary N) is 1. The Morgan fingerprint density at radius 1 is 0.938 bits per heavy atom. The molecule has 0 unspecified atom stereocenters. The average Bonchev–Trinajstić information content (AvgIpc) is 2.77. The van der Waals surface area contributed by atoms with Gasteiger partial charge in [0.1, 0.15) is 0 Å². The van der Waals surface area contributed by atoms with E-state index < -0.39 is 10.2 Å². The van der Waals surface area contributed by atoms with Crippen molar-refractivity contribution in [2.24, 2.45) is 0 Å². The second-order valence-corrected chi connectivity index (χ2v) is 11.8. The van der Waals surface area contributed by atoms with E-state index in [2.05, 4.69) is 5.32 Å². The summed E-state index contributed by atoms with van der Waals surface area (Å²) in [6.45, 7) is 7.01. The maximum atomic E-state index is 13.0. The van der Waals surface area contributed by atoms with Crippen molar-refractivity contribution in [1.82, 2.24) is 18.8 Å². The molecule has 2 fully saturated rings. The fraction of sp³-hybridized carbons (Fsp3) is 0.652. The Morgan fingerprint density at radius 3 is 2.00 bits per heavy atom. The van der Waals surface area contributed by atoms with E-state index in [4.69, 9.17) is 0 Å². The van der Waals surface area contributed by atoms with E-state index in [1.54, 1.807) is 36.2 Å². The number of amides is 2. The van der Waals surface area contributed by atoms with Crippen molar-refractivity contribution in [2.45, 2.75) is 64.5 Å². The highest BCUT2D eigenvalue weighted by Gasteiger charge is 2.35. The molecule has 1 aliphatic carbocycles. The molecular formula is C23H36N4O4S. The maximum Gasteiger partial charge on any atom is 0.282 e. The van der Waals surface area contributed by atoms with Gasteiger partial charge in [-0.1, -0.05) is 19.3 Å². The largest absolute Gasteiger partial charge is 0.347 e. The van der Waals surface area contributed by atoms with Gasteiger partial charge in [-0.25, -0.2) is 0 Å². The van der Waals surface area contributed by atoms with Crippen molar-refractivity contribution in [1.29, 1.82) is 0 Å². The maximum absolute atomic E-state index is 13.0. The van der Waals surface area contributed by atoms with Gasteiger partial charge >= 0.3 is 0 Å². The van der Waals surface area contributed by atoms with Crippen molar-refractivity contribution in [3.05, 3.63) is 35.4 Å². The number of carbonyl (C=O) groups is 2. The van der Waals surface area contributed by atoms with E-state index in [0.717, 1.165) is 25.7 Å². The number of hydrogen-bond donors (Lipinski definition) is 1. The van der Waals surface area contributed by atoms with Crippen LogP contribution in [0.1, 0.15) is 73.6 Å². The number of piperazine rings is 1. The summed E-state index contributed by atoms with van der Waals surface area (Å²) in [5.41, 5.74) is 0.655. The molecule has 178 valence electrons. The molecule has 0 radical (unpaired) electrons. The molecule has 1 aliphatic heterocycles. The van der Waals surface area contributed by atoms with Gasteiger partial charge in [-0.05, 0) is 57.9 Å². The molecule has 2 aliphatic rings. The summed E-state index contributed by atoms with van der Waals surface area (Å²) in [6.07, 6.45) is 5.15. The van der Waals surface area contributed by atoms with E-state index in [-0.39, 0.29) is 36.5 Å². The highest BCUT2D eigenvalue weighted by molar-refractivity contribution is 7.86.